The van der Waals surface area contributed by atoms with Crippen LogP contribution in [0.25, 0.3) is 0 Å². The summed E-state index contributed by atoms with van der Waals surface area (Å²) in [6, 6.07) is 0.279. The summed E-state index contributed by atoms with van der Waals surface area (Å²) in [5, 5.41) is 3.32. The minimum atomic E-state index is -0.381. The molecule has 1 aromatic heterocycles. The third-order valence-electron chi connectivity index (χ3n) is 3.50. The molecule has 1 aromatic rings. The van der Waals surface area contributed by atoms with Gasteiger partial charge in [-0.3, -0.25) is 0 Å². The number of rotatable bonds is 4. The Morgan fingerprint density at radius 3 is 2.95 bits per heavy atom. The van der Waals surface area contributed by atoms with Crippen molar-refractivity contribution in [2.75, 3.05) is 18.5 Å². The van der Waals surface area contributed by atoms with Crippen molar-refractivity contribution in [3.05, 3.63) is 17.5 Å². The number of aryl methyl sites for hydroxylation is 1. The van der Waals surface area contributed by atoms with Gasteiger partial charge in [-0.25, -0.2) is 14.8 Å². The van der Waals surface area contributed by atoms with E-state index in [-0.39, 0.29) is 17.6 Å². The lowest BCUT2D eigenvalue weighted by Crippen LogP contribution is -2.40. The molecule has 2 heterocycles. The lowest BCUT2D eigenvalue weighted by Gasteiger charge is -2.35. The molecule has 2 rings (SSSR count). The smallest absolute Gasteiger partial charge is 0.341 e. The third-order valence-corrected chi connectivity index (χ3v) is 3.50. The summed E-state index contributed by atoms with van der Waals surface area (Å²) >= 11 is 0. The van der Waals surface area contributed by atoms with E-state index in [0.29, 0.717) is 23.8 Å². The van der Waals surface area contributed by atoms with Crippen molar-refractivity contribution in [3.8, 4) is 0 Å². The molecule has 1 atom stereocenters. The average Bonchev–Trinajstić information content (AvgIpc) is 2.37. The first-order chi connectivity index (χ1) is 9.91. The Hall–Kier alpha value is -1.69. The number of carbonyl (C=O) groups excluding carboxylic acids is 1. The summed E-state index contributed by atoms with van der Waals surface area (Å²) in [6.45, 7) is 8.79. The fourth-order valence-corrected chi connectivity index (χ4v) is 2.48. The van der Waals surface area contributed by atoms with Crippen LogP contribution in [0.4, 0.5) is 5.95 Å². The SMILES string of the molecule is CCOC(=O)c1cnc(NC2CCOC(C)(C)C2)nc1C. The van der Waals surface area contributed by atoms with Crippen molar-refractivity contribution in [1.29, 1.82) is 0 Å². The molecule has 0 amide bonds. The quantitative estimate of drug-likeness (QED) is 0.859. The van der Waals surface area contributed by atoms with Crippen LogP contribution in [0.15, 0.2) is 6.20 Å². The molecular formula is C15H23N3O3. The van der Waals surface area contributed by atoms with Crippen molar-refractivity contribution >= 4 is 11.9 Å². The number of anilines is 1. The second-order valence-corrected chi connectivity index (χ2v) is 5.86. The molecule has 116 valence electrons. The van der Waals surface area contributed by atoms with Crippen LogP contribution in [0.3, 0.4) is 0 Å². The van der Waals surface area contributed by atoms with Crippen LogP contribution in [-0.2, 0) is 9.47 Å². The number of aromatic nitrogens is 2. The number of nitrogens with zero attached hydrogens (tertiary/aromatic N) is 2. The van der Waals surface area contributed by atoms with E-state index in [1.807, 2.05) is 0 Å². The van der Waals surface area contributed by atoms with E-state index in [1.54, 1.807) is 13.8 Å². The van der Waals surface area contributed by atoms with E-state index < -0.39 is 0 Å². The number of hydrogen-bond acceptors (Lipinski definition) is 6. The number of nitrogens with one attached hydrogen (secondary N) is 1. The van der Waals surface area contributed by atoms with Crippen molar-refractivity contribution < 1.29 is 14.3 Å². The number of hydrogen-bond donors (Lipinski definition) is 1. The van der Waals surface area contributed by atoms with Crippen LogP contribution in [0.5, 0.6) is 0 Å². The Balaban J connectivity index is 2.05. The zero-order valence-electron chi connectivity index (χ0n) is 13.1. The molecule has 1 aliphatic heterocycles. The summed E-state index contributed by atoms with van der Waals surface area (Å²) < 4.78 is 10.7. The first kappa shape index (κ1) is 15.7. The minimum absolute atomic E-state index is 0.129. The van der Waals surface area contributed by atoms with Crippen LogP contribution in [0.1, 0.15) is 49.7 Å². The first-order valence-electron chi connectivity index (χ1n) is 7.32. The lowest BCUT2D eigenvalue weighted by molar-refractivity contribution is -0.0554. The van der Waals surface area contributed by atoms with Crippen LogP contribution in [0.2, 0.25) is 0 Å². The molecule has 0 saturated carbocycles. The number of ether oxygens (including phenoxy) is 2. The van der Waals surface area contributed by atoms with Gasteiger partial charge in [-0.2, -0.15) is 0 Å². The predicted molar refractivity (Wildman–Crippen MR) is 79.4 cm³/mol. The van der Waals surface area contributed by atoms with Gasteiger partial charge in [0.05, 0.1) is 23.5 Å². The van der Waals surface area contributed by atoms with E-state index in [9.17, 15) is 4.79 Å². The molecular weight excluding hydrogens is 270 g/mol. The van der Waals surface area contributed by atoms with Gasteiger partial charge >= 0.3 is 5.97 Å². The minimum Gasteiger partial charge on any atom is -0.462 e. The second kappa shape index (κ2) is 6.39. The number of esters is 1. The highest BCUT2D eigenvalue weighted by Gasteiger charge is 2.29. The van der Waals surface area contributed by atoms with Crippen molar-refractivity contribution in [2.24, 2.45) is 0 Å². The van der Waals surface area contributed by atoms with E-state index in [2.05, 4.69) is 29.1 Å². The predicted octanol–water partition coefficient (Wildman–Crippen LogP) is 2.33. The third kappa shape index (κ3) is 4.14. The maximum atomic E-state index is 11.7. The van der Waals surface area contributed by atoms with Crippen molar-refractivity contribution in [2.45, 2.75) is 52.2 Å². The average molecular weight is 293 g/mol. The molecule has 1 fully saturated rings. The molecule has 21 heavy (non-hydrogen) atoms. The molecule has 0 aromatic carbocycles. The second-order valence-electron chi connectivity index (χ2n) is 5.86. The molecule has 6 nitrogen and oxygen atoms in total. The van der Waals surface area contributed by atoms with E-state index in [4.69, 9.17) is 9.47 Å². The highest BCUT2D eigenvalue weighted by Crippen LogP contribution is 2.25. The van der Waals surface area contributed by atoms with E-state index in [1.165, 1.54) is 6.20 Å². The molecule has 1 N–H and O–H groups in total. The molecule has 1 unspecified atom stereocenters. The van der Waals surface area contributed by atoms with Crippen LogP contribution in [0, 0.1) is 6.92 Å². The first-order valence-corrected chi connectivity index (χ1v) is 7.32. The maximum Gasteiger partial charge on any atom is 0.341 e. The largest absolute Gasteiger partial charge is 0.462 e. The van der Waals surface area contributed by atoms with Crippen LogP contribution < -0.4 is 5.32 Å². The van der Waals surface area contributed by atoms with Gasteiger partial charge in [-0.05, 0) is 40.5 Å². The number of carbonyl (C=O) groups is 1. The zero-order chi connectivity index (χ0) is 15.5. The van der Waals surface area contributed by atoms with Crippen molar-refractivity contribution in [3.63, 3.8) is 0 Å². The molecule has 0 aliphatic carbocycles. The Kier molecular flexibility index (Phi) is 4.77. The van der Waals surface area contributed by atoms with Crippen LogP contribution in [-0.4, -0.2) is 40.8 Å². The molecule has 0 bridgehead atoms. The van der Waals surface area contributed by atoms with Gasteiger partial charge in [-0.1, -0.05) is 0 Å². The Bertz CT molecular complexity index is 517. The summed E-state index contributed by atoms with van der Waals surface area (Å²) in [4.78, 5) is 20.3. The van der Waals surface area contributed by atoms with Crippen molar-refractivity contribution in [1.82, 2.24) is 9.97 Å². The Morgan fingerprint density at radius 2 is 2.33 bits per heavy atom. The van der Waals surface area contributed by atoms with Gasteiger partial charge in [-0.15, -0.1) is 0 Å². The zero-order valence-corrected chi connectivity index (χ0v) is 13.1. The topological polar surface area (TPSA) is 73.3 Å². The Labute approximate surface area is 125 Å². The molecule has 6 heteroatoms. The maximum absolute atomic E-state index is 11.7. The summed E-state index contributed by atoms with van der Waals surface area (Å²) in [5.41, 5.74) is 0.905. The van der Waals surface area contributed by atoms with Gasteiger partial charge in [0.2, 0.25) is 5.95 Å². The monoisotopic (exact) mass is 293 g/mol. The molecule has 0 radical (unpaired) electrons. The fourth-order valence-electron chi connectivity index (χ4n) is 2.48. The fraction of sp³-hybridized carbons (Fsp3) is 0.667. The van der Waals surface area contributed by atoms with Gasteiger partial charge in [0, 0.05) is 18.8 Å². The molecule has 1 saturated heterocycles. The highest BCUT2D eigenvalue weighted by molar-refractivity contribution is 5.90. The normalized spacial score (nSPS) is 20.9. The van der Waals surface area contributed by atoms with Gasteiger partial charge in [0.1, 0.15) is 0 Å². The summed E-state index contributed by atoms with van der Waals surface area (Å²) in [7, 11) is 0. The van der Waals surface area contributed by atoms with E-state index >= 15 is 0 Å². The summed E-state index contributed by atoms with van der Waals surface area (Å²) in [5.74, 6) is 0.164. The van der Waals surface area contributed by atoms with Gasteiger partial charge in [0.15, 0.2) is 0 Å². The van der Waals surface area contributed by atoms with Crippen LogP contribution >= 0.6 is 0 Å². The van der Waals surface area contributed by atoms with E-state index in [0.717, 1.165) is 19.4 Å². The highest BCUT2D eigenvalue weighted by atomic mass is 16.5. The summed E-state index contributed by atoms with van der Waals surface area (Å²) in [6.07, 6.45) is 3.34. The lowest BCUT2D eigenvalue weighted by atomic mass is 9.94. The standard InChI is InChI=1S/C15H23N3O3/c1-5-20-13(19)12-9-16-14(17-10(12)2)18-11-6-7-21-15(3,4)8-11/h9,11H,5-8H2,1-4H3,(H,16,17,18). The van der Waals surface area contributed by atoms with Gasteiger partial charge in [0.25, 0.3) is 0 Å². The molecule has 0 spiro atoms. The van der Waals surface area contributed by atoms with Gasteiger partial charge < -0.3 is 14.8 Å². The molecule has 1 aliphatic rings. The Morgan fingerprint density at radius 1 is 1.57 bits per heavy atom.